The van der Waals surface area contributed by atoms with Crippen LogP contribution in [0.15, 0.2) is 97.1 Å². The van der Waals surface area contributed by atoms with Crippen LogP contribution in [0.3, 0.4) is 0 Å². The fourth-order valence-electron chi connectivity index (χ4n) is 4.24. The maximum Gasteiger partial charge on any atom is 0.303 e. The van der Waals surface area contributed by atoms with Crippen LogP contribution in [-0.2, 0) is 16.0 Å². The molecular formula is C32H28Cl2N2O4. The highest BCUT2D eigenvalue weighted by atomic mass is 35.5. The number of halogens is 2. The number of aliphatic carboxylic acids is 1. The van der Waals surface area contributed by atoms with Crippen molar-refractivity contribution >= 4 is 52.2 Å². The van der Waals surface area contributed by atoms with Gasteiger partial charge in [0.15, 0.2) is 5.78 Å². The van der Waals surface area contributed by atoms with Crippen LogP contribution in [0.25, 0.3) is 11.1 Å². The van der Waals surface area contributed by atoms with Gasteiger partial charge in [-0.3, -0.25) is 14.4 Å². The predicted molar refractivity (Wildman–Crippen MR) is 160 cm³/mol. The Morgan fingerprint density at radius 1 is 0.775 bits per heavy atom. The normalized spacial score (nSPS) is 11.4. The third-order valence-electron chi connectivity index (χ3n) is 6.34. The minimum atomic E-state index is -0.919. The number of nitrogens with one attached hydrogen (secondary N) is 2. The first-order chi connectivity index (χ1) is 19.3. The lowest BCUT2D eigenvalue weighted by Gasteiger charge is -2.20. The number of carboxylic acid groups (broad SMARTS) is 1. The number of carbonyl (C=O) groups excluding carboxylic acids is 2. The topological polar surface area (TPSA) is 95.5 Å². The number of amides is 1. The van der Waals surface area contributed by atoms with Gasteiger partial charge in [-0.15, -0.1) is 0 Å². The van der Waals surface area contributed by atoms with Gasteiger partial charge in [0.25, 0.3) is 0 Å². The molecule has 0 aliphatic carbocycles. The van der Waals surface area contributed by atoms with Crippen molar-refractivity contribution in [2.24, 2.45) is 0 Å². The molecule has 4 aromatic rings. The van der Waals surface area contributed by atoms with Gasteiger partial charge in [0.1, 0.15) is 6.04 Å². The van der Waals surface area contributed by atoms with Crippen LogP contribution in [0.2, 0.25) is 10.0 Å². The summed E-state index contributed by atoms with van der Waals surface area (Å²) < 4.78 is 0. The van der Waals surface area contributed by atoms with Gasteiger partial charge in [0, 0.05) is 51.8 Å². The SMILES string of the molecule is O=C(O)CCCC(=O)c1ccc(N[C@@H](Cc2ccccc2)C(=O)Nc2ccc(-c3ccc(Cl)cc3Cl)cc2)cc1. The van der Waals surface area contributed by atoms with Gasteiger partial charge in [-0.1, -0.05) is 71.7 Å². The van der Waals surface area contributed by atoms with Crippen LogP contribution in [0.1, 0.15) is 35.2 Å². The second-order valence-electron chi connectivity index (χ2n) is 9.33. The van der Waals surface area contributed by atoms with Crippen molar-refractivity contribution in [2.75, 3.05) is 10.6 Å². The lowest BCUT2D eigenvalue weighted by Crippen LogP contribution is -2.36. The van der Waals surface area contributed by atoms with E-state index in [4.69, 9.17) is 28.3 Å². The molecule has 3 N–H and O–H groups in total. The largest absolute Gasteiger partial charge is 0.481 e. The van der Waals surface area contributed by atoms with Crippen molar-refractivity contribution in [1.29, 1.82) is 0 Å². The minimum Gasteiger partial charge on any atom is -0.481 e. The van der Waals surface area contributed by atoms with Crippen molar-refractivity contribution in [3.8, 4) is 11.1 Å². The summed E-state index contributed by atoms with van der Waals surface area (Å²) in [6, 6.07) is 28.7. The number of carboxylic acids is 1. The Bertz CT molecular complexity index is 1470. The molecule has 4 rings (SSSR count). The summed E-state index contributed by atoms with van der Waals surface area (Å²) in [5, 5.41) is 16.2. The zero-order valence-corrected chi connectivity index (χ0v) is 23.1. The Labute approximate surface area is 243 Å². The van der Waals surface area contributed by atoms with Crippen molar-refractivity contribution in [3.63, 3.8) is 0 Å². The van der Waals surface area contributed by atoms with E-state index in [0.29, 0.717) is 39.8 Å². The van der Waals surface area contributed by atoms with Gasteiger partial charge in [-0.05, 0) is 66.1 Å². The molecule has 0 saturated heterocycles. The summed E-state index contributed by atoms with van der Waals surface area (Å²) in [5.41, 5.74) is 4.56. The summed E-state index contributed by atoms with van der Waals surface area (Å²) in [5.74, 6) is -1.25. The molecule has 0 aliphatic heterocycles. The molecule has 1 atom stereocenters. The highest BCUT2D eigenvalue weighted by Crippen LogP contribution is 2.31. The van der Waals surface area contributed by atoms with E-state index in [1.165, 1.54) is 0 Å². The number of carbonyl (C=O) groups is 3. The number of hydrogen-bond donors (Lipinski definition) is 3. The Kier molecular flexibility index (Phi) is 9.95. The van der Waals surface area contributed by atoms with Gasteiger partial charge >= 0.3 is 5.97 Å². The monoisotopic (exact) mass is 574 g/mol. The molecule has 204 valence electrons. The number of ketones is 1. The number of benzene rings is 4. The molecule has 0 radical (unpaired) electrons. The maximum atomic E-state index is 13.4. The molecule has 0 fully saturated rings. The standard InChI is InChI=1S/C32H28Cl2N2O4/c33-24-13-18-27(28(34)20-24)22-9-14-26(15-10-22)36-32(40)29(19-21-5-2-1-3-6-21)35-25-16-11-23(12-17-25)30(37)7-4-8-31(38)39/h1-3,5-6,9-18,20,29,35H,4,7-8,19H2,(H,36,40)(H,38,39)/t29-/m0/s1. The van der Waals surface area contributed by atoms with E-state index < -0.39 is 12.0 Å². The summed E-state index contributed by atoms with van der Waals surface area (Å²) in [7, 11) is 0. The van der Waals surface area contributed by atoms with Crippen LogP contribution >= 0.6 is 23.2 Å². The lowest BCUT2D eigenvalue weighted by molar-refractivity contribution is -0.137. The summed E-state index contributed by atoms with van der Waals surface area (Å²) in [4.78, 5) is 36.5. The van der Waals surface area contributed by atoms with Gasteiger partial charge < -0.3 is 15.7 Å². The number of Topliss-reactive ketones (excluding diaryl/α,β-unsaturated/α-hetero) is 1. The fraction of sp³-hybridized carbons (Fsp3) is 0.156. The van der Waals surface area contributed by atoms with Gasteiger partial charge in [0.2, 0.25) is 5.91 Å². The van der Waals surface area contributed by atoms with Crippen LogP contribution < -0.4 is 10.6 Å². The van der Waals surface area contributed by atoms with E-state index in [1.54, 1.807) is 36.4 Å². The minimum absolute atomic E-state index is 0.0424. The maximum absolute atomic E-state index is 13.4. The third-order valence-corrected chi connectivity index (χ3v) is 6.88. The molecular weight excluding hydrogens is 547 g/mol. The highest BCUT2D eigenvalue weighted by molar-refractivity contribution is 6.36. The molecule has 0 unspecified atom stereocenters. The number of hydrogen-bond acceptors (Lipinski definition) is 4. The van der Waals surface area contributed by atoms with Gasteiger partial charge in [-0.2, -0.15) is 0 Å². The summed E-state index contributed by atoms with van der Waals surface area (Å²) in [6.45, 7) is 0. The van der Waals surface area contributed by atoms with Gasteiger partial charge in [-0.25, -0.2) is 0 Å². The molecule has 0 saturated carbocycles. The first-order valence-corrected chi connectivity index (χ1v) is 13.6. The molecule has 1 amide bonds. The summed E-state index contributed by atoms with van der Waals surface area (Å²) >= 11 is 12.4. The quantitative estimate of drug-likeness (QED) is 0.150. The second kappa shape index (κ2) is 13.8. The third kappa shape index (κ3) is 8.18. The van der Waals surface area contributed by atoms with Crippen LogP contribution in [0, 0.1) is 0 Å². The average molecular weight is 575 g/mol. The van der Waals surface area contributed by atoms with Crippen molar-refractivity contribution in [1.82, 2.24) is 0 Å². The Morgan fingerprint density at radius 2 is 1.45 bits per heavy atom. The average Bonchev–Trinajstić information content (AvgIpc) is 2.94. The van der Waals surface area contributed by atoms with E-state index >= 15 is 0 Å². The van der Waals surface area contributed by atoms with E-state index in [1.807, 2.05) is 60.7 Å². The molecule has 0 bridgehead atoms. The Hall–Kier alpha value is -4.13. The Balaban J connectivity index is 1.46. The smallest absolute Gasteiger partial charge is 0.303 e. The van der Waals surface area contributed by atoms with E-state index in [9.17, 15) is 14.4 Å². The summed E-state index contributed by atoms with van der Waals surface area (Å²) in [6.07, 6.45) is 0.864. The molecule has 0 spiro atoms. The Morgan fingerprint density at radius 3 is 2.10 bits per heavy atom. The van der Waals surface area contributed by atoms with Gasteiger partial charge in [0.05, 0.1) is 0 Å². The fourth-order valence-corrected chi connectivity index (χ4v) is 4.76. The van der Waals surface area contributed by atoms with E-state index in [2.05, 4.69) is 10.6 Å². The van der Waals surface area contributed by atoms with E-state index in [-0.39, 0.29) is 24.5 Å². The first kappa shape index (κ1) is 28.9. The molecule has 0 aliphatic rings. The molecule has 0 heterocycles. The number of anilines is 2. The van der Waals surface area contributed by atoms with Crippen molar-refractivity contribution < 1.29 is 19.5 Å². The van der Waals surface area contributed by atoms with Crippen molar-refractivity contribution in [3.05, 3.63) is 118 Å². The van der Waals surface area contributed by atoms with Crippen molar-refractivity contribution in [2.45, 2.75) is 31.7 Å². The van der Waals surface area contributed by atoms with Crippen LogP contribution in [0.5, 0.6) is 0 Å². The lowest BCUT2D eigenvalue weighted by atomic mass is 10.0. The molecule has 0 aromatic heterocycles. The van der Waals surface area contributed by atoms with Crippen LogP contribution in [-0.4, -0.2) is 28.8 Å². The first-order valence-electron chi connectivity index (χ1n) is 12.8. The van der Waals surface area contributed by atoms with Crippen LogP contribution in [0.4, 0.5) is 11.4 Å². The molecule has 8 heteroatoms. The highest BCUT2D eigenvalue weighted by Gasteiger charge is 2.20. The van der Waals surface area contributed by atoms with E-state index in [0.717, 1.165) is 16.7 Å². The second-order valence-corrected chi connectivity index (χ2v) is 10.2. The molecule has 40 heavy (non-hydrogen) atoms. The predicted octanol–water partition coefficient (Wildman–Crippen LogP) is 7.76. The zero-order valence-electron chi connectivity index (χ0n) is 21.6. The zero-order chi connectivity index (χ0) is 28.5. The molecule has 4 aromatic carbocycles. The number of rotatable bonds is 12. The molecule has 6 nitrogen and oxygen atoms in total.